The van der Waals surface area contributed by atoms with E-state index >= 15 is 0 Å². The van der Waals surface area contributed by atoms with Gasteiger partial charge in [-0.3, -0.25) is 9.78 Å². The first-order valence-corrected chi connectivity index (χ1v) is 8.96. The molecule has 1 aromatic heterocycles. The van der Waals surface area contributed by atoms with Crippen LogP contribution in [0.1, 0.15) is 17.2 Å². The lowest BCUT2D eigenvalue weighted by molar-refractivity contribution is -0.124. The quantitative estimate of drug-likeness (QED) is 0.635. The van der Waals surface area contributed by atoms with Crippen LogP contribution in [0.2, 0.25) is 0 Å². The molecule has 5 nitrogen and oxygen atoms in total. The summed E-state index contributed by atoms with van der Waals surface area (Å²) in [4.78, 5) is 30.0. The van der Waals surface area contributed by atoms with E-state index in [1.54, 1.807) is 18.5 Å². The van der Waals surface area contributed by atoms with Gasteiger partial charge < -0.3 is 4.74 Å². The summed E-state index contributed by atoms with van der Waals surface area (Å²) in [6, 6.07) is 20.7. The zero-order valence-corrected chi connectivity index (χ0v) is 15.1. The smallest absolute Gasteiger partial charge is 0.417 e. The van der Waals surface area contributed by atoms with Gasteiger partial charge in [0.15, 0.2) is 0 Å². The second-order valence-electron chi connectivity index (χ2n) is 6.41. The fourth-order valence-electron chi connectivity index (χ4n) is 3.20. The van der Waals surface area contributed by atoms with Crippen LogP contribution in [0.25, 0.3) is 17.2 Å². The molecule has 0 N–H and O–H groups in total. The minimum atomic E-state index is -0.617. The largest absolute Gasteiger partial charge is 0.446 e. The SMILES string of the molecule is O=C(/C=C/c1cccc(-c2ccncc2)c1)N1C(=O)OCC1c1ccccc1. The van der Waals surface area contributed by atoms with Crippen LogP contribution >= 0.6 is 0 Å². The Morgan fingerprint density at radius 1 is 1.00 bits per heavy atom. The molecule has 2 amide bonds. The average molecular weight is 370 g/mol. The van der Waals surface area contributed by atoms with Gasteiger partial charge in [-0.25, -0.2) is 9.69 Å². The van der Waals surface area contributed by atoms with E-state index in [1.807, 2.05) is 66.7 Å². The van der Waals surface area contributed by atoms with Gasteiger partial charge >= 0.3 is 6.09 Å². The lowest BCUT2D eigenvalue weighted by atomic mass is 10.0. The molecule has 2 heterocycles. The fourth-order valence-corrected chi connectivity index (χ4v) is 3.20. The van der Waals surface area contributed by atoms with Crippen molar-refractivity contribution in [3.8, 4) is 11.1 Å². The van der Waals surface area contributed by atoms with Crippen molar-refractivity contribution in [2.24, 2.45) is 0 Å². The maximum Gasteiger partial charge on any atom is 0.417 e. The fraction of sp³-hybridized carbons (Fsp3) is 0.0870. The molecule has 4 rings (SSSR count). The minimum absolute atomic E-state index is 0.167. The lowest BCUT2D eigenvalue weighted by Gasteiger charge is -2.18. The number of cyclic esters (lactones) is 1. The summed E-state index contributed by atoms with van der Waals surface area (Å²) in [5.41, 5.74) is 3.81. The third-order valence-corrected chi connectivity index (χ3v) is 4.61. The molecule has 1 unspecified atom stereocenters. The normalized spacial score (nSPS) is 16.4. The maximum absolute atomic E-state index is 12.7. The van der Waals surface area contributed by atoms with Crippen molar-refractivity contribution in [1.29, 1.82) is 0 Å². The van der Waals surface area contributed by atoms with Crippen LogP contribution in [0.15, 0.2) is 85.2 Å². The van der Waals surface area contributed by atoms with Crippen molar-refractivity contribution in [2.75, 3.05) is 6.61 Å². The zero-order valence-electron chi connectivity index (χ0n) is 15.1. The number of nitrogens with zero attached hydrogens (tertiary/aromatic N) is 2. The van der Waals surface area contributed by atoms with Crippen molar-refractivity contribution in [1.82, 2.24) is 9.88 Å². The summed E-state index contributed by atoms with van der Waals surface area (Å²) in [5.74, 6) is -0.398. The molecule has 0 saturated carbocycles. The van der Waals surface area contributed by atoms with Gasteiger partial charge in [-0.2, -0.15) is 0 Å². The molecule has 0 bridgehead atoms. The van der Waals surface area contributed by atoms with Gasteiger partial charge in [0, 0.05) is 18.5 Å². The van der Waals surface area contributed by atoms with Crippen molar-refractivity contribution >= 4 is 18.1 Å². The first-order chi connectivity index (χ1) is 13.7. The Morgan fingerprint density at radius 3 is 2.57 bits per heavy atom. The van der Waals surface area contributed by atoms with Crippen molar-refractivity contribution in [3.63, 3.8) is 0 Å². The van der Waals surface area contributed by atoms with Gasteiger partial charge in [-0.15, -0.1) is 0 Å². The Kier molecular flexibility index (Phi) is 4.97. The summed E-state index contributed by atoms with van der Waals surface area (Å²) in [6.45, 7) is 0.167. The Morgan fingerprint density at radius 2 is 1.79 bits per heavy atom. The number of carbonyl (C=O) groups is 2. The van der Waals surface area contributed by atoms with Gasteiger partial charge in [0.25, 0.3) is 5.91 Å². The van der Waals surface area contributed by atoms with E-state index in [1.165, 1.54) is 11.0 Å². The first kappa shape index (κ1) is 17.7. The van der Waals surface area contributed by atoms with Crippen molar-refractivity contribution in [3.05, 3.63) is 96.3 Å². The van der Waals surface area contributed by atoms with Crippen molar-refractivity contribution in [2.45, 2.75) is 6.04 Å². The molecule has 138 valence electrons. The van der Waals surface area contributed by atoms with Gasteiger partial charge in [-0.1, -0.05) is 48.5 Å². The maximum atomic E-state index is 12.7. The second-order valence-corrected chi connectivity index (χ2v) is 6.41. The lowest BCUT2D eigenvalue weighted by Crippen LogP contribution is -2.32. The number of rotatable bonds is 4. The highest BCUT2D eigenvalue weighted by molar-refractivity contribution is 6.02. The molecule has 1 aliphatic heterocycles. The number of hydrogen-bond acceptors (Lipinski definition) is 4. The molecule has 1 atom stereocenters. The van der Waals surface area contributed by atoms with Gasteiger partial charge in [-0.05, 0) is 46.5 Å². The predicted molar refractivity (Wildman–Crippen MR) is 106 cm³/mol. The summed E-state index contributed by atoms with van der Waals surface area (Å²) in [5, 5.41) is 0. The molecular weight excluding hydrogens is 352 g/mol. The number of carbonyl (C=O) groups excluding carboxylic acids is 2. The van der Waals surface area contributed by atoms with E-state index in [2.05, 4.69) is 4.98 Å². The van der Waals surface area contributed by atoms with Crippen LogP contribution in [0.3, 0.4) is 0 Å². The molecule has 1 aliphatic rings. The Labute approximate surface area is 162 Å². The van der Waals surface area contributed by atoms with E-state index in [0.29, 0.717) is 0 Å². The average Bonchev–Trinajstić information content (AvgIpc) is 3.15. The molecule has 0 spiro atoms. The molecule has 3 aromatic rings. The molecule has 0 radical (unpaired) electrons. The third-order valence-electron chi connectivity index (χ3n) is 4.61. The molecule has 0 aliphatic carbocycles. The number of benzene rings is 2. The van der Waals surface area contributed by atoms with Gasteiger partial charge in [0.1, 0.15) is 12.6 Å². The Balaban J connectivity index is 1.54. The van der Waals surface area contributed by atoms with Crippen molar-refractivity contribution < 1.29 is 14.3 Å². The van der Waals surface area contributed by atoms with E-state index in [0.717, 1.165) is 22.3 Å². The van der Waals surface area contributed by atoms with Crippen LogP contribution in [-0.2, 0) is 9.53 Å². The number of ether oxygens (including phenoxy) is 1. The number of imide groups is 1. The monoisotopic (exact) mass is 370 g/mol. The molecule has 2 aromatic carbocycles. The minimum Gasteiger partial charge on any atom is -0.446 e. The Bertz CT molecular complexity index is 1020. The van der Waals surface area contributed by atoms with E-state index in [4.69, 9.17) is 4.74 Å². The van der Waals surface area contributed by atoms with Crippen LogP contribution in [0, 0.1) is 0 Å². The van der Waals surface area contributed by atoms with E-state index in [-0.39, 0.29) is 6.61 Å². The third kappa shape index (κ3) is 3.69. The first-order valence-electron chi connectivity index (χ1n) is 8.96. The predicted octanol–water partition coefficient (Wildman–Crippen LogP) is 4.48. The molecule has 1 fully saturated rings. The van der Waals surface area contributed by atoms with Gasteiger partial charge in [0.05, 0.1) is 0 Å². The summed E-state index contributed by atoms with van der Waals surface area (Å²) < 4.78 is 5.11. The summed E-state index contributed by atoms with van der Waals surface area (Å²) >= 11 is 0. The van der Waals surface area contributed by atoms with Crippen LogP contribution in [0.4, 0.5) is 4.79 Å². The number of amides is 2. The molecule has 5 heteroatoms. The number of hydrogen-bond donors (Lipinski definition) is 0. The molecule has 28 heavy (non-hydrogen) atoms. The van der Waals surface area contributed by atoms with Crippen LogP contribution in [-0.4, -0.2) is 28.5 Å². The topological polar surface area (TPSA) is 59.5 Å². The van der Waals surface area contributed by atoms with E-state index < -0.39 is 18.0 Å². The Hall–Kier alpha value is -3.73. The highest BCUT2D eigenvalue weighted by atomic mass is 16.6. The van der Waals surface area contributed by atoms with Gasteiger partial charge in [0.2, 0.25) is 0 Å². The molecule has 1 saturated heterocycles. The van der Waals surface area contributed by atoms with Crippen LogP contribution in [0.5, 0.6) is 0 Å². The zero-order chi connectivity index (χ0) is 19.3. The standard InChI is InChI=1S/C23H18N2O3/c26-22(25-21(16-28-23(25)27)19-6-2-1-3-7-19)10-9-17-5-4-8-20(15-17)18-11-13-24-14-12-18/h1-15,21H,16H2/b10-9+. The highest BCUT2D eigenvalue weighted by Crippen LogP contribution is 2.28. The number of aromatic nitrogens is 1. The van der Waals surface area contributed by atoms with E-state index in [9.17, 15) is 9.59 Å². The number of pyridine rings is 1. The van der Waals surface area contributed by atoms with Crippen LogP contribution < -0.4 is 0 Å². The highest BCUT2D eigenvalue weighted by Gasteiger charge is 2.37. The second kappa shape index (κ2) is 7.88. The summed E-state index contributed by atoms with van der Waals surface area (Å²) in [7, 11) is 0. The molecular formula is C23H18N2O3. The summed E-state index contributed by atoms with van der Waals surface area (Å²) in [6.07, 6.45) is 5.98.